The Morgan fingerprint density at radius 1 is 1.14 bits per heavy atom. The topological polar surface area (TPSA) is 18.5 Å². The van der Waals surface area contributed by atoms with E-state index in [0.717, 1.165) is 15.1 Å². The Bertz CT molecular complexity index is 347. The van der Waals surface area contributed by atoms with Crippen LogP contribution in [-0.4, -0.2) is 13.2 Å². The van der Waals surface area contributed by atoms with Crippen molar-refractivity contribution in [3.8, 4) is 11.5 Å². The maximum absolute atomic E-state index is 5.67. The molecule has 1 aromatic carbocycles. The van der Waals surface area contributed by atoms with Gasteiger partial charge in [0.1, 0.15) is 13.2 Å². The van der Waals surface area contributed by atoms with Gasteiger partial charge in [0.2, 0.25) is 0 Å². The molecule has 1 aliphatic heterocycles. The van der Waals surface area contributed by atoms with Crippen molar-refractivity contribution in [2.45, 2.75) is 19.8 Å². The van der Waals surface area contributed by atoms with E-state index in [1.807, 2.05) is 0 Å². The average Bonchev–Trinajstić information content (AvgIpc) is 2.18. The van der Waals surface area contributed by atoms with Crippen LogP contribution in [-0.2, 0) is 0 Å². The summed E-state index contributed by atoms with van der Waals surface area (Å²) >= 11 is 2.28. The molecular weight excluding hydrogens is 291 g/mol. The van der Waals surface area contributed by atoms with Crippen LogP contribution in [0.25, 0.3) is 0 Å². The van der Waals surface area contributed by atoms with E-state index in [2.05, 4.69) is 48.6 Å². The quantitative estimate of drug-likeness (QED) is 0.742. The summed E-state index contributed by atoms with van der Waals surface area (Å²) in [5, 5.41) is 0. The normalized spacial score (nSPS) is 14.6. The number of fused-ring (bicyclic) bond motifs is 1. The average molecular weight is 304 g/mol. The second-order valence-electron chi connectivity index (χ2n) is 3.65. The molecule has 2 rings (SSSR count). The Morgan fingerprint density at radius 3 is 2.43 bits per heavy atom. The zero-order chi connectivity index (χ0) is 10.1. The molecule has 0 radical (unpaired) electrons. The molecule has 2 nitrogen and oxygen atoms in total. The van der Waals surface area contributed by atoms with Crippen LogP contribution in [0.2, 0.25) is 0 Å². The lowest BCUT2D eigenvalue weighted by Crippen LogP contribution is -2.17. The summed E-state index contributed by atoms with van der Waals surface area (Å²) in [6.45, 7) is 5.65. The molecule has 0 atom stereocenters. The predicted octanol–water partition coefficient (Wildman–Crippen LogP) is 3.19. The van der Waals surface area contributed by atoms with E-state index in [4.69, 9.17) is 9.47 Å². The molecule has 0 N–H and O–H groups in total. The first kappa shape index (κ1) is 10.1. The molecule has 3 heteroatoms. The maximum Gasteiger partial charge on any atom is 0.174 e. The van der Waals surface area contributed by atoms with E-state index in [-0.39, 0.29) is 0 Å². The Labute approximate surface area is 97.7 Å². The van der Waals surface area contributed by atoms with Gasteiger partial charge in [0.05, 0.1) is 3.57 Å². The van der Waals surface area contributed by atoms with E-state index in [1.165, 1.54) is 5.56 Å². The molecule has 0 spiro atoms. The summed E-state index contributed by atoms with van der Waals surface area (Å²) in [4.78, 5) is 0. The first-order valence-corrected chi connectivity index (χ1v) is 5.86. The van der Waals surface area contributed by atoms with Gasteiger partial charge in [0, 0.05) is 5.56 Å². The minimum Gasteiger partial charge on any atom is -0.486 e. The van der Waals surface area contributed by atoms with Gasteiger partial charge in [-0.25, -0.2) is 0 Å². The van der Waals surface area contributed by atoms with Crippen molar-refractivity contribution < 1.29 is 9.47 Å². The van der Waals surface area contributed by atoms with Crippen LogP contribution >= 0.6 is 22.6 Å². The first-order valence-electron chi connectivity index (χ1n) is 4.78. The molecule has 0 aromatic heterocycles. The highest BCUT2D eigenvalue weighted by molar-refractivity contribution is 14.1. The fourth-order valence-electron chi connectivity index (χ4n) is 1.58. The van der Waals surface area contributed by atoms with E-state index < -0.39 is 0 Å². The molecular formula is C11H13IO2. The highest BCUT2D eigenvalue weighted by atomic mass is 127. The van der Waals surface area contributed by atoms with Crippen LogP contribution < -0.4 is 9.47 Å². The van der Waals surface area contributed by atoms with Crippen molar-refractivity contribution in [1.29, 1.82) is 0 Å². The van der Waals surface area contributed by atoms with E-state index in [9.17, 15) is 0 Å². The van der Waals surface area contributed by atoms with Gasteiger partial charge < -0.3 is 9.47 Å². The lowest BCUT2D eigenvalue weighted by molar-refractivity contribution is 0.168. The summed E-state index contributed by atoms with van der Waals surface area (Å²) in [6, 6.07) is 4.21. The Balaban J connectivity index is 2.53. The Morgan fingerprint density at radius 2 is 1.79 bits per heavy atom. The lowest BCUT2D eigenvalue weighted by atomic mass is 10.0. The number of hydrogen-bond donors (Lipinski definition) is 0. The van der Waals surface area contributed by atoms with Crippen molar-refractivity contribution >= 4 is 22.6 Å². The highest BCUT2D eigenvalue weighted by Crippen LogP contribution is 2.40. The third-order valence-electron chi connectivity index (χ3n) is 2.29. The van der Waals surface area contributed by atoms with Crippen molar-refractivity contribution in [3.05, 3.63) is 21.3 Å². The monoisotopic (exact) mass is 304 g/mol. The highest BCUT2D eigenvalue weighted by Gasteiger charge is 2.20. The molecule has 1 aromatic rings. The number of halogens is 1. The third kappa shape index (κ3) is 1.69. The molecule has 0 bridgehead atoms. The third-order valence-corrected chi connectivity index (χ3v) is 3.14. The largest absolute Gasteiger partial charge is 0.486 e. The molecule has 0 saturated heterocycles. The Kier molecular flexibility index (Phi) is 2.85. The van der Waals surface area contributed by atoms with Gasteiger partial charge in [-0.1, -0.05) is 19.9 Å². The van der Waals surface area contributed by atoms with Crippen LogP contribution in [0.1, 0.15) is 25.3 Å². The second kappa shape index (κ2) is 3.96. The van der Waals surface area contributed by atoms with Crippen molar-refractivity contribution in [2.24, 2.45) is 0 Å². The van der Waals surface area contributed by atoms with Gasteiger partial charge >= 0.3 is 0 Å². The van der Waals surface area contributed by atoms with Gasteiger partial charge in [-0.2, -0.15) is 0 Å². The number of benzene rings is 1. The minimum absolute atomic E-state index is 0.474. The summed E-state index contributed by atoms with van der Waals surface area (Å²) in [5.41, 5.74) is 1.24. The molecule has 1 heterocycles. The first-order chi connectivity index (χ1) is 6.70. The van der Waals surface area contributed by atoms with Gasteiger partial charge in [-0.05, 0) is 34.6 Å². The maximum atomic E-state index is 5.67. The second-order valence-corrected chi connectivity index (χ2v) is 4.81. The molecule has 76 valence electrons. The van der Waals surface area contributed by atoms with Crippen LogP contribution in [0.3, 0.4) is 0 Å². The summed E-state index contributed by atoms with van der Waals surface area (Å²) in [5.74, 6) is 2.34. The summed E-state index contributed by atoms with van der Waals surface area (Å²) < 4.78 is 12.4. The van der Waals surface area contributed by atoms with Crippen molar-refractivity contribution in [1.82, 2.24) is 0 Å². The van der Waals surface area contributed by atoms with Crippen LogP contribution in [0.4, 0.5) is 0 Å². The lowest BCUT2D eigenvalue weighted by Gasteiger charge is -2.23. The van der Waals surface area contributed by atoms with E-state index >= 15 is 0 Å². The minimum atomic E-state index is 0.474. The van der Waals surface area contributed by atoms with Crippen molar-refractivity contribution in [3.63, 3.8) is 0 Å². The predicted molar refractivity (Wildman–Crippen MR) is 64.2 cm³/mol. The smallest absolute Gasteiger partial charge is 0.174 e. The number of rotatable bonds is 1. The zero-order valence-electron chi connectivity index (χ0n) is 8.34. The van der Waals surface area contributed by atoms with Crippen LogP contribution in [0.5, 0.6) is 11.5 Å². The number of hydrogen-bond acceptors (Lipinski definition) is 2. The molecule has 0 amide bonds. The molecule has 1 aliphatic rings. The fraction of sp³-hybridized carbons (Fsp3) is 0.455. The van der Waals surface area contributed by atoms with Gasteiger partial charge in [0.15, 0.2) is 11.5 Å². The standard InChI is InChI=1S/C11H13IO2/c1-7(2)8-3-4-9(12)11-10(8)13-5-6-14-11/h3-4,7H,5-6H2,1-2H3. The molecule has 0 aliphatic carbocycles. The van der Waals surface area contributed by atoms with Crippen molar-refractivity contribution in [2.75, 3.05) is 13.2 Å². The van der Waals surface area contributed by atoms with E-state index in [1.54, 1.807) is 0 Å². The fourth-order valence-corrected chi connectivity index (χ4v) is 2.16. The molecule has 0 unspecified atom stereocenters. The molecule has 0 fully saturated rings. The number of ether oxygens (including phenoxy) is 2. The summed E-state index contributed by atoms with van der Waals surface area (Å²) in [6.07, 6.45) is 0. The van der Waals surface area contributed by atoms with Gasteiger partial charge in [0.25, 0.3) is 0 Å². The van der Waals surface area contributed by atoms with E-state index in [0.29, 0.717) is 19.1 Å². The van der Waals surface area contributed by atoms with Gasteiger partial charge in [-0.15, -0.1) is 0 Å². The van der Waals surface area contributed by atoms with Gasteiger partial charge in [-0.3, -0.25) is 0 Å². The molecule has 0 saturated carbocycles. The SMILES string of the molecule is CC(C)c1ccc(I)c2c1OCCO2. The zero-order valence-corrected chi connectivity index (χ0v) is 10.5. The summed E-state index contributed by atoms with van der Waals surface area (Å²) in [7, 11) is 0. The Hall–Kier alpha value is -0.450. The molecule has 14 heavy (non-hydrogen) atoms. The van der Waals surface area contributed by atoms with Crippen LogP contribution in [0.15, 0.2) is 12.1 Å². The van der Waals surface area contributed by atoms with Crippen LogP contribution in [0, 0.1) is 3.57 Å².